The third kappa shape index (κ3) is 4.62. The van der Waals surface area contributed by atoms with Crippen LogP contribution >= 0.6 is 26.0 Å². The molecule has 0 aromatic carbocycles. The second-order valence-corrected chi connectivity index (χ2v) is 13.6. The first-order valence-corrected chi connectivity index (χ1v) is 13.2. The van der Waals surface area contributed by atoms with E-state index < -0.39 is 10.0 Å². The topological polar surface area (TPSA) is 54.1 Å². The molecule has 1 fully saturated rings. The van der Waals surface area contributed by atoms with Crippen LogP contribution in [0.5, 0.6) is 0 Å². The lowest BCUT2D eigenvalue weighted by atomic mass is 10.1. The van der Waals surface area contributed by atoms with Gasteiger partial charge in [0, 0.05) is 47.1 Å². The molecular formula is C20H27BrN4O2S. The first kappa shape index (κ1) is 19.9. The van der Waals surface area contributed by atoms with Gasteiger partial charge in [-0.3, -0.25) is 0 Å². The van der Waals surface area contributed by atoms with Crippen molar-refractivity contribution < 1.29 is 9.47 Å². The largest absolute Gasteiger partial charge is 0.381 e. The molecule has 6 nitrogen and oxygen atoms in total. The van der Waals surface area contributed by atoms with E-state index in [1.807, 2.05) is 17.1 Å². The number of ether oxygens (including phenoxy) is 2. The number of fused-ring (bicyclic) bond motifs is 1. The summed E-state index contributed by atoms with van der Waals surface area (Å²) in [7, 11) is -0.526. The molecule has 1 saturated heterocycles. The van der Waals surface area contributed by atoms with Gasteiger partial charge in [0.15, 0.2) is 0 Å². The fraction of sp³-hybridized carbons (Fsp3) is 0.500. The number of pyridine rings is 1. The summed E-state index contributed by atoms with van der Waals surface area (Å²) in [4.78, 5) is 4.43. The minimum Gasteiger partial charge on any atom is -0.381 e. The Labute approximate surface area is 175 Å². The highest BCUT2D eigenvalue weighted by atomic mass is 79.9. The summed E-state index contributed by atoms with van der Waals surface area (Å²) in [6, 6.07) is 2.08. The number of hydrogen-bond acceptors (Lipinski definition) is 4. The lowest BCUT2D eigenvalue weighted by molar-refractivity contribution is -0.0388. The normalized spacial score (nSPS) is 15.9. The van der Waals surface area contributed by atoms with E-state index >= 15 is 0 Å². The number of halogens is 1. The second kappa shape index (κ2) is 8.18. The SMILES string of the molecule is CS(C)(C)CCOCn1cc(-c2cn(CC3COC3)c3cnc(Br)cc23)cn1. The highest BCUT2D eigenvalue weighted by Crippen LogP contribution is 2.34. The smallest absolute Gasteiger partial charge is 0.139 e. The highest BCUT2D eigenvalue weighted by Gasteiger charge is 2.21. The van der Waals surface area contributed by atoms with E-state index in [0.717, 1.165) is 47.8 Å². The van der Waals surface area contributed by atoms with Crippen LogP contribution in [-0.4, -0.2) is 63.7 Å². The van der Waals surface area contributed by atoms with Crippen LogP contribution in [0.25, 0.3) is 22.0 Å². The van der Waals surface area contributed by atoms with Crippen molar-refractivity contribution in [1.82, 2.24) is 19.3 Å². The van der Waals surface area contributed by atoms with Crippen molar-refractivity contribution >= 4 is 36.9 Å². The fourth-order valence-corrected chi connectivity index (χ4v) is 4.20. The van der Waals surface area contributed by atoms with E-state index in [2.05, 4.69) is 67.8 Å². The molecule has 4 heterocycles. The lowest BCUT2D eigenvalue weighted by Gasteiger charge is -2.26. The molecule has 0 unspecified atom stereocenters. The van der Waals surface area contributed by atoms with Crippen molar-refractivity contribution in [3.8, 4) is 11.1 Å². The molecule has 3 aromatic rings. The molecule has 8 heteroatoms. The highest BCUT2D eigenvalue weighted by molar-refractivity contribution is 9.10. The molecule has 152 valence electrons. The molecule has 1 aliphatic rings. The van der Waals surface area contributed by atoms with E-state index in [-0.39, 0.29) is 0 Å². The zero-order valence-electron chi connectivity index (χ0n) is 16.6. The van der Waals surface area contributed by atoms with Crippen LogP contribution in [0.15, 0.2) is 35.5 Å². The predicted octanol–water partition coefficient (Wildman–Crippen LogP) is 3.98. The van der Waals surface area contributed by atoms with Crippen LogP contribution < -0.4 is 0 Å². The summed E-state index contributed by atoms with van der Waals surface area (Å²) in [5, 5.41) is 5.67. The van der Waals surface area contributed by atoms with Crippen LogP contribution in [0.4, 0.5) is 0 Å². The van der Waals surface area contributed by atoms with Crippen LogP contribution in [-0.2, 0) is 22.7 Å². The summed E-state index contributed by atoms with van der Waals surface area (Å²) < 4.78 is 16.2. The predicted molar refractivity (Wildman–Crippen MR) is 119 cm³/mol. The standard InChI is InChI=1S/C20H27BrN4O2S/c1-28(2,3)5-4-26-14-25-10-16(7-23-25)18-11-24(9-15-12-27-13-15)19-8-22-20(21)6-17(18)19/h6-8,10-11,15H,4-5,9,12-14H2,1-3H3. The average Bonchev–Trinajstić information content (AvgIpc) is 3.18. The molecule has 0 atom stereocenters. The van der Waals surface area contributed by atoms with E-state index in [0.29, 0.717) is 12.6 Å². The number of hydrogen-bond donors (Lipinski definition) is 0. The Bertz CT molecular complexity index is 959. The second-order valence-electron chi connectivity index (χ2n) is 8.22. The molecule has 28 heavy (non-hydrogen) atoms. The average molecular weight is 467 g/mol. The maximum Gasteiger partial charge on any atom is 0.139 e. The Hall–Kier alpha value is -1.35. The Morgan fingerprint density at radius 3 is 2.79 bits per heavy atom. The quantitative estimate of drug-likeness (QED) is 0.372. The molecule has 0 saturated carbocycles. The van der Waals surface area contributed by atoms with Gasteiger partial charge in [0.05, 0.1) is 37.7 Å². The van der Waals surface area contributed by atoms with Gasteiger partial charge in [-0.2, -0.15) is 5.10 Å². The molecule has 0 N–H and O–H groups in total. The molecule has 4 rings (SSSR count). The first-order valence-electron chi connectivity index (χ1n) is 9.38. The maximum absolute atomic E-state index is 5.82. The summed E-state index contributed by atoms with van der Waals surface area (Å²) in [5.74, 6) is 1.69. The molecule has 0 aliphatic carbocycles. The van der Waals surface area contributed by atoms with Crippen LogP contribution in [0.3, 0.4) is 0 Å². The van der Waals surface area contributed by atoms with E-state index in [9.17, 15) is 0 Å². The van der Waals surface area contributed by atoms with Gasteiger partial charge in [-0.25, -0.2) is 19.7 Å². The van der Waals surface area contributed by atoms with Crippen molar-refractivity contribution in [1.29, 1.82) is 0 Å². The van der Waals surface area contributed by atoms with Gasteiger partial charge in [0.1, 0.15) is 11.3 Å². The van der Waals surface area contributed by atoms with Crippen molar-refractivity contribution in [2.45, 2.75) is 13.3 Å². The monoisotopic (exact) mass is 466 g/mol. The van der Waals surface area contributed by atoms with E-state index in [4.69, 9.17) is 9.47 Å². The Morgan fingerprint density at radius 2 is 2.07 bits per heavy atom. The van der Waals surface area contributed by atoms with Gasteiger partial charge in [-0.1, -0.05) is 0 Å². The molecular weight excluding hydrogens is 440 g/mol. The van der Waals surface area contributed by atoms with Gasteiger partial charge in [0.25, 0.3) is 0 Å². The molecule has 0 amide bonds. The number of rotatable bonds is 8. The lowest BCUT2D eigenvalue weighted by Crippen LogP contribution is -2.31. The minimum absolute atomic E-state index is 0.485. The van der Waals surface area contributed by atoms with Crippen molar-refractivity contribution in [2.24, 2.45) is 5.92 Å². The van der Waals surface area contributed by atoms with Crippen LogP contribution in [0.1, 0.15) is 0 Å². The van der Waals surface area contributed by atoms with Gasteiger partial charge in [-0.05, 0) is 40.8 Å². The molecule has 1 aliphatic heterocycles. The first-order chi connectivity index (χ1) is 13.4. The fourth-order valence-electron chi connectivity index (χ4n) is 3.25. The van der Waals surface area contributed by atoms with Crippen molar-refractivity contribution in [3.05, 3.63) is 35.5 Å². The third-order valence-corrected chi connectivity index (χ3v) is 6.73. The Balaban J connectivity index is 1.53. The minimum atomic E-state index is -0.526. The molecule has 0 radical (unpaired) electrons. The molecule has 0 bridgehead atoms. The van der Waals surface area contributed by atoms with Crippen molar-refractivity contribution in [3.63, 3.8) is 0 Å². The zero-order chi connectivity index (χ0) is 19.7. The Kier molecular flexibility index (Phi) is 5.83. The summed E-state index contributed by atoms with van der Waals surface area (Å²) >= 11 is 3.51. The van der Waals surface area contributed by atoms with E-state index in [1.165, 1.54) is 10.9 Å². The Morgan fingerprint density at radius 1 is 1.25 bits per heavy atom. The van der Waals surface area contributed by atoms with Crippen LogP contribution in [0, 0.1) is 5.92 Å². The van der Waals surface area contributed by atoms with E-state index in [1.54, 1.807) is 0 Å². The van der Waals surface area contributed by atoms with Gasteiger partial charge in [-0.15, -0.1) is 0 Å². The third-order valence-electron chi connectivity index (χ3n) is 4.90. The van der Waals surface area contributed by atoms with Crippen LogP contribution in [0.2, 0.25) is 0 Å². The summed E-state index contributed by atoms with van der Waals surface area (Å²) in [6.45, 7) is 3.88. The van der Waals surface area contributed by atoms with Gasteiger partial charge < -0.3 is 14.0 Å². The van der Waals surface area contributed by atoms with Gasteiger partial charge >= 0.3 is 0 Å². The molecule has 3 aromatic heterocycles. The summed E-state index contributed by atoms with van der Waals surface area (Å²) in [6.07, 6.45) is 15.0. The van der Waals surface area contributed by atoms with Gasteiger partial charge in [0.2, 0.25) is 0 Å². The van der Waals surface area contributed by atoms with Crippen molar-refractivity contribution in [2.75, 3.05) is 44.3 Å². The molecule has 0 spiro atoms. The maximum atomic E-state index is 5.82. The number of aromatic nitrogens is 4. The number of nitrogens with zero attached hydrogens (tertiary/aromatic N) is 4. The summed E-state index contributed by atoms with van der Waals surface area (Å²) in [5.41, 5.74) is 3.41. The zero-order valence-corrected chi connectivity index (χ0v) is 19.0.